The van der Waals surface area contributed by atoms with Crippen LogP contribution in [-0.2, 0) is 6.42 Å². The molecule has 1 aromatic heterocycles. The molecule has 0 aliphatic carbocycles. The van der Waals surface area contributed by atoms with Crippen LogP contribution in [0.25, 0.3) is 0 Å². The van der Waals surface area contributed by atoms with Crippen LogP contribution in [-0.4, -0.2) is 22.8 Å². The molecule has 2 rings (SSSR count). The van der Waals surface area contributed by atoms with Gasteiger partial charge in [0.1, 0.15) is 5.75 Å². The summed E-state index contributed by atoms with van der Waals surface area (Å²) in [5.41, 5.74) is 3.57. The Morgan fingerprint density at radius 2 is 1.95 bits per heavy atom. The maximum absolute atomic E-state index is 12.8. The van der Waals surface area contributed by atoms with E-state index >= 15 is 0 Å². The van der Waals surface area contributed by atoms with E-state index in [4.69, 9.17) is 4.74 Å². The fourth-order valence-corrected chi connectivity index (χ4v) is 2.60. The molecule has 0 saturated carbocycles. The van der Waals surface area contributed by atoms with Crippen molar-refractivity contribution in [2.24, 2.45) is 5.92 Å². The van der Waals surface area contributed by atoms with Gasteiger partial charge in [-0.3, -0.25) is 4.79 Å². The van der Waals surface area contributed by atoms with E-state index in [0.717, 1.165) is 24.2 Å². The highest BCUT2D eigenvalue weighted by molar-refractivity contribution is 5.98. The molecule has 0 saturated heterocycles. The number of nitrogens with zero attached hydrogens (tertiary/aromatic N) is 2. The lowest BCUT2D eigenvalue weighted by molar-refractivity contribution is 0.0939. The number of hydrogen-bond donors (Lipinski definition) is 0. The smallest absolute Gasteiger partial charge is 0.282 e. The van der Waals surface area contributed by atoms with Crippen LogP contribution < -0.4 is 4.74 Å². The molecule has 118 valence electrons. The number of hydrogen-bond acceptors (Lipinski definition) is 3. The van der Waals surface area contributed by atoms with Crippen molar-refractivity contribution in [2.45, 2.75) is 40.5 Å². The molecule has 0 amide bonds. The molecular formula is C18H24N2O2. The zero-order valence-corrected chi connectivity index (χ0v) is 14.0. The Labute approximate surface area is 132 Å². The fraction of sp³-hybridized carbons (Fsp3) is 0.444. The number of carbonyl (C=O) groups is 1. The summed E-state index contributed by atoms with van der Waals surface area (Å²) >= 11 is 0. The minimum atomic E-state index is -0.145. The van der Waals surface area contributed by atoms with Gasteiger partial charge in [-0.05, 0) is 50.3 Å². The van der Waals surface area contributed by atoms with Crippen LogP contribution >= 0.6 is 0 Å². The number of aromatic nitrogens is 2. The summed E-state index contributed by atoms with van der Waals surface area (Å²) in [5, 5.41) is 4.45. The number of methoxy groups -OCH3 is 1. The third-order valence-corrected chi connectivity index (χ3v) is 3.94. The Balaban J connectivity index is 2.37. The lowest BCUT2D eigenvalue weighted by Gasteiger charge is -2.09. The first-order valence-corrected chi connectivity index (χ1v) is 7.68. The van der Waals surface area contributed by atoms with Crippen LogP contribution in [0.15, 0.2) is 24.3 Å². The molecule has 0 fully saturated rings. The zero-order chi connectivity index (χ0) is 16.3. The van der Waals surface area contributed by atoms with Crippen LogP contribution in [0.4, 0.5) is 0 Å². The first-order chi connectivity index (χ1) is 10.5. The predicted octanol–water partition coefficient (Wildman–Crippen LogP) is 3.79. The van der Waals surface area contributed by atoms with E-state index in [1.807, 2.05) is 26.0 Å². The van der Waals surface area contributed by atoms with Gasteiger partial charge in [0.25, 0.3) is 5.91 Å². The van der Waals surface area contributed by atoms with Gasteiger partial charge in [0.2, 0.25) is 0 Å². The molecule has 0 unspecified atom stereocenters. The Bertz CT molecular complexity index is 672. The van der Waals surface area contributed by atoms with E-state index in [9.17, 15) is 4.79 Å². The molecule has 0 spiro atoms. The van der Waals surface area contributed by atoms with E-state index in [1.165, 1.54) is 10.2 Å². The summed E-state index contributed by atoms with van der Waals surface area (Å²) in [6.45, 7) is 8.34. The fourth-order valence-electron chi connectivity index (χ4n) is 2.60. The summed E-state index contributed by atoms with van der Waals surface area (Å²) in [7, 11) is 1.57. The predicted molar refractivity (Wildman–Crippen MR) is 87.6 cm³/mol. The first-order valence-electron chi connectivity index (χ1n) is 7.68. The lowest BCUT2D eigenvalue weighted by Crippen LogP contribution is -2.16. The number of aryl methyl sites for hydroxylation is 1. The highest BCUT2D eigenvalue weighted by Gasteiger charge is 2.20. The van der Waals surface area contributed by atoms with E-state index in [1.54, 1.807) is 19.2 Å². The number of benzene rings is 1. The van der Waals surface area contributed by atoms with E-state index < -0.39 is 0 Å². The molecular weight excluding hydrogens is 276 g/mol. The molecule has 0 aliphatic heterocycles. The zero-order valence-electron chi connectivity index (χ0n) is 14.0. The molecule has 1 heterocycles. The third-order valence-electron chi connectivity index (χ3n) is 3.94. The standard InChI is InChI=1S/C18H24N2O2/c1-12(2)10-11-15-13(3)19-20(14(15)4)18(21)16-8-6-7-9-17(16)22-5/h6-9,12H,10-11H2,1-5H3. The van der Waals surface area contributed by atoms with E-state index in [0.29, 0.717) is 17.2 Å². The van der Waals surface area contributed by atoms with Gasteiger partial charge < -0.3 is 4.74 Å². The second-order valence-corrected chi connectivity index (χ2v) is 6.00. The van der Waals surface area contributed by atoms with Crippen molar-refractivity contribution in [2.75, 3.05) is 7.11 Å². The molecule has 2 aromatic rings. The number of para-hydroxylation sites is 1. The van der Waals surface area contributed by atoms with Gasteiger partial charge in [0.05, 0.1) is 18.4 Å². The largest absolute Gasteiger partial charge is 0.496 e. The Hall–Kier alpha value is -2.10. The SMILES string of the molecule is COc1ccccc1C(=O)n1nc(C)c(CCC(C)C)c1C. The van der Waals surface area contributed by atoms with Crippen molar-refractivity contribution in [1.29, 1.82) is 0 Å². The average Bonchev–Trinajstić information content (AvgIpc) is 2.79. The molecule has 22 heavy (non-hydrogen) atoms. The molecule has 1 aromatic carbocycles. The van der Waals surface area contributed by atoms with Crippen molar-refractivity contribution in [1.82, 2.24) is 9.78 Å². The summed E-state index contributed by atoms with van der Waals surface area (Å²) in [4.78, 5) is 12.8. The van der Waals surface area contributed by atoms with Gasteiger partial charge in [-0.2, -0.15) is 5.10 Å². The molecule has 0 bridgehead atoms. The average molecular weight is 300 g/mol. The highest BCUT2D eigenvalue weighted by atomic mass is 16.5. The summed E-state index contributed by atoms with van der Waals surface area (Å²) in [6.07, 6.45) is 2.05. The van der Waals surface area contributed by atoms with Crippen molar-refractivity contribution in [3.05, 3.63) is 46.8 Å². The Morgan fingerprint density at radius 1 is 1.27 bits per heavy atom. The van der Waals surface area contributed by atoms with Gasteiger partial charge in [-0.1, -0.05) is 26.0 Å². The normalized spacial score (nSPS) is 11.0. The molecule has 0 atom stereocenters. The van der Waals surface area contributed by atoms with E-state index in [-0.39, 0.29) is 5.91 Å². The second-order valence-electron chi connectivity index (χ2n) is 6.00. The van der Waals surface area contributed by atoms with Crippen molar-refractivity contribution >= 4 is 5.91 Å². The lowest BCUT2D eigenvalue weighted by atomic mass is 10.0. The van der Waals surface area contributed by atoms with Crippen LogP contribution in [0.3, 0.4) is 0 Å². The third kappa shape index (κ3) is 3.21. The molecule has 4 heteroatoms. The quantitative estimate of drug-likeness (QED) is 0.844. The van der Waals surface area contributed by atoms with Crippen LogP contribution in [0.5, 0.6) is 5.75 Å². The highest BCUT2D eigenvalue weighted by Crippen LogP contribution is 2.22. The van der Waals surface area contributed by atoms with E-state index in [2.05, 4.69) is 18.9 Å². The molecule has 0 radical (unpaired) electrons. The summed E-state index contributed by atoms with van der Waals surface area (Å²) < 4.78 is 6.78. The maximum Gasteiger partial charge on any atom is 0.282 e. The Kier molecular flexibility index (Phi) is 5.01. The topological polar surface area (TPSA) is 44.1 Å². The number of carbonyl (C=O) groups excluding carboxylic acids is 1. The molecule has 0 N–H and O–H groups in total. The molecule has 4 nitrogen and oxygen atoms in total. The monoisotopic (exact) mass is 300 g/mol. The van der Waals surface area contributed by atoms with Crippen LogP contribution in [0.2, 0.25) is 0 Å². The summed E-state index contributed by atoms with van der Waals surface area (Å²) in [6, 6.07) is 7.25. The maximum atomic E-state index is 12.8. The number of ether oxygens (including phenoxy) is 1. The van der Waals surface area contributed by atoms with Gasteiger partial charge >= 0.3 is 0 Å². The van der Waals surface area contributed by atoms with Crippen LogP contribution in [0.1, 0.15) is 47.6 Å². The van der Waals surface area contributed by atoms with Crippen molar-refractivity contribution in [3.8, 4) is 5.75 Å². The van der Waals surface area contributed by atoms with Gasteiger partial charge in [0.15, 0.2) is 0 Å². The van der Waals surface area contributed by atoms with Gasteiger partial charge in [-0.15, -0.1) is 0 Å². The number of rotatable bonds is 5. The first kappa shape index (κ1) is 16.3. The van der Waals surface area contributed by atoms with Gasteiger partial charge in [0, 0.05) is 5.69 Å². The van der Waals surface area contributed by atoms with Gasteiger partial charge in [-0.25, -0.2) is 4.68 Å². The van der Waals surface area contributed by atoms with Crippen molar-refractivity contribution < 1.29 is 9.53 Å². The minimum Gasteiger partial charge on any atom is -0.496 e. The summed E-state index contributed by atoms with van der Waals surface area (Å²) in [5.74, 6) is 1.06. The minimum absolute atomic E-state index is 0.145. The Morgan fingerprint density at radius 3 is 2.59 bits per heavy atom. The second kappa shape index (κ2) is 6.77. The van der Waals surface area contributed by atoms with Crippen molar-refractivity contribution in [3.63, 3.8) is 0 Å². The van der Waals surface area contributed by atoms with Crippen LogP contribution in [0, 0.1) is 19.8 Å². The molecule has 0 aliphatic rings.